The predicted octanol–water partition coefficient (Wildman–Crippen LogP) is 2.14. The van der Waals surface area contributed by atoms with E-state index in [1.54, 1.807) is 0 Å². The predicted molar refractivity (Wildman–Crippen MR) is 101 cm³/mol. The number of hydrogen-bond donors (Lipinski definition) is 2. The third-order valence-corrected chi connectivity index (χ3v) is 5.12. The van der Waals surface area contributed by atoms with Crippen LogP contribution in [-0.2, 0) is 4.79 Å². The van der Waals surface area contributed by atoms with Crippen molar-refractivity contribution in [2.24, 2.45) is 5.92 Å². The number of carbonyl (C=O) groups excluding carboxylic acids is 2. The lowest BCUT2D eigenvalue weighted by molar-refractivity contribution is -0.123. The van der Waals surface area contributed by atoms with Crippen LogP contribution in [0.2, 0.25) is 0 Å². The molecule has 5 nitrogen and oxygen atoms in total. The van der Waals surface area contributed by atoms with Crippen LogP contribution < -0.4 is 10.6 Å². The molecular weight excluding hydrogens is 338 g/mol. The molecule has 25 heavy (non-hydrogen) atoms. The Kier molecular flexibility index (Phi) is 7.26. The van der Waals surface area contributed by atoms with Crippen molar-refractivity contribution in [3.05, 3.63) is 35.4 Å². The van der Waals surface area contributed by atoms with Crippen LogP contribution in [0.1, 0.15) is 41.6 Å². The summed E-state index contributed by atoms with van der Waals surface area (Å²) in [6, 6.07) is 7.71. The number of amides is 2. The highest BCUT2D eigenvalue weighted by atomic mass is 35.5. The second-order valence-electron chi connectivity index (χ2n) is 6.97. The van der Waals surface area contributed by atoms with E-state index in [0.717, 1.165) is 56.4 Å². The summed E-state index contributed by atoms with van der Waals surface area (Å²) in [5.74, 6) is 0.563. The summed E-state index contributed by atoms with van der Waals surface area (Å²) in [5, 5.41) is 6.29. The molecule has 2 unspecified atom stereocenters. The smallest absolute Gasteiger partial charge is 0.254 e. The topological polar surface area (TPSA) is 61.4 Å². The van der Waals surface area contributed by atoms with E-state index < -0.39 is 0 Å². The van der Waals surface area contributed by atoms with Gasteiger partial charge < -0.3 is 15.5 Å². The summed E-state index contributed by atoms with van der Waals surface area (Å²) in [7, 11) is 0. The van der Waals surface area contributed by atoms with Crippen molar-refractivity contribution in [2.45, 2.75) is 38.6 Å². The monoisotopic (exact) mass is 365 g/mol. The Balaban J connectivity index is 0.00000225. The van der Waals surface area contributed by atoms with E-state index in [4.69, 9.17) is 0 Å². The van der Waals surface area contributed by atoms with E-state index in [0.29, 0.717) is 12.5 Å². The van der Waals surface area contributed by atoms with E-state index in [-0.39, 0.29) is 30.3 Å². The first-order valence-corrected chi connectivity index (χ1v) is 9.01. The average Bonchev–Trinajstić information content (AvgIpc) is 3.14. The lowest BCUT2D eigenvalue weighted by Gasteiger charge is -2.33. The largest absolute Gasteiger partial charge is 0.354 e. The fourth-order valence-electron chi connectivity index (χ4n) is 3.68. The second-order valence-corrected chi connectivity index (χ2v) is 6.97. The number of nitrogens with zero attached hydrogens (tertiary/aromatic N) is 1. The molecule has 0 aromatic heterocycles. The van der Waals surface area contributed by atoms with Gasteiger partial charge in [0.15, 0.2) is 0 Å². The van der Waals surface area contributed by atoms with Gasteiger partial charge in [0.05, 0.1) is 6.04 Å². The minimum Gasteiger partial charge on any atom is -0.354 e. The quantitative estimate of drug-likeness (QED) is 0.859. The van der Waals surface area contributed by atoms with Gasteiger partial charge in [0.1, 0.15) is 0 Å². The van der Waals surface area contributed by atoms with Gasteiger partial charge in [-0.1, -0.05) is 18.2 Å². The molecule has 6 heteroatoms. The van der Waals surface area contributed by atoms with E-state index in [2.05, 4.69) is 10.6 Å². The first kappa shape index (κ1) is 19.7. The summed E-state index contributed by atoms with van der Waals surface area (Å²) in [4.78, 5) is 26.8. The number of benzene rings is 1. The molecule has 0 aliphatic carbocycles. The molecular formula is C19H28ClN3O2. The van der Waals surface area contributed by atoms with Crippen molar-refractivity contribution in [3.8, 4) is 0 Å². The Morgan fingerprint density at radius 2 is 2.04 bits per heavy atom. The molecule has 2 amide bonds. The molecule has 2 aliphatic heterocycles. The highest BCUT2D eigenvalue weighted by Gasteiger charge is 2.27. The van der Waals surface area contributed by atoms with Gasteiger partial charge in [-0.25, -0.2) is 0 Å². The lowest BCUT2D eigenvalue weighted by atomic mass is 9.96. The van der Waals surface area contributed by atoms with Crippen LogP contribution in [-0.4, -0.2) is 48.9 Å². The van der Waals surface area contributed by atoms with Crippen LogP contribution in [0.15, 0.2) is 24.3 Å². The molecule has 2 atom stereocenters. The van der Waals surface area contributed by atoms with Crippen molar-refractivity contribution in [3.63, 3.8) is 0 Å². The molecule has 0 spiro atoms. The molecule has 0 radical (unpaired) electrons. The fraction of sp³-hybridized carbons (Fsp3) is 0.579. The summed E-state index contributed by atoms with van der Waals surface area (Å²) < 4.78 is 0. The van der Waals surface area contributed by atoms with Crippen molar-refractivity contribution in [1.82, 2.24) is 15.5 Å². The van der Waals surface area contributed by atoms with Crippen molar-refractivity contribution < 1.29 is 9.59 Å². The highest BCUT2D eigenvalue weighted by Crippen LogP contribution is 2.19. The van der Waals surface area contributed by atoms with Crippen molar-refractivity contribution >= 4 is 24.2 Å². The third kappa shape index (κ3) is 4.95. The number of rotatable bonds is 4. The molecule has 2 aliphatic rings. The number of aryl methyl sites for hydroxylation is 1. The van der Waals surface area contributed by atoms with Crippen LogP contribution in [0.3, 0.4) is 0 Å². The number of piperidine rings is 1. The van der Waals surface area contributed by atoms with E-state index >= 15 is 0 Å². The zero-order chi connectivity index (χ0) is 16.9. The summed E-state index contributed by atoms with van der Waals surface area (Å²) in [5.41, 5.74) is 1.81. The molecule has 2 fully saturated rings. The summed E-state index contributed by atoms with van der Waals surface area (Å²) >= 11 is 0. The van der Waals surface area contributed by atoms with Gasteiger partial charge in [0, 0.05) is 25.2 Å². The van der Waals surface area contributed by atoms with E-state index in [1.165, 1.54) is 0 Å². The van der Waals surface area contributed by atoms with Gasteiger partial charge in [0.2, 0.25) is 5.91 Å². The number of carbonyl (C=O) groups is 2. The number of hydrogen-bond acceptors (Lipinski definition) is 3. The Hall–Kier alpha value is -1.59. The molecule has 1 aromatic carbocycles. The first-order chi connectivity index (χ1) is 11.6. The van der Waals surface area contributed by atoms with Crippen molar-refractivity contribution in [2.75, 3.05) is 26.2 Å². The maximum atomic E-state index is 12.7. The number of halogens is 1. The molecule has 3 rings (SSSR count). The molecule has 2 saturated heterocycles. The summed E-state index contributed by atoms with van der Waals surface area (Å²) in [6.07, 6.45) is 4.06. The van der Waals surface area contributed by atoms with Crippen LogP contribution in [0.5, 0.6) is 0 Å². The highest BCUT2D eigenvalue weighted by molar-refractivity contribution is 5.95. The number of likely N-dealkylation sites (tertiary alicyclic amines) is 1. The maximum Gasteiger partial charge on any atom is 0.254 e. The molecule has 0 saturated carbocycles. The minimum absolute atomic E-state index is 0. The zero-order valence-corrected chi connectivity index (χ0v) is 15.6. The SMILES string of the molecule is Cc1ccccc1C(=O)N1CCCC(CNC(=O)C2CCCN2)C1.Cl. The Labute approximate surface area is 155 Å². The Morgan fingerprint density at radius 3 is 2.76 bits per heavy atom. The third-order valence-electron chi connectivity index (χ3n) is 5.12. The molecule has 2 N–H and O–H groups in total. The van der Waals surface area contributed by atoms with Crippen LogP contribution in [0.4, 0.5) is 0 Å². The Morgan fingerprint density at radius 1 is 1.24 bits per heavy atom. The van der Waals surface area contributed by atoms with E-state index in [9.17, 15) is 9.59 Å². The van der Waals surface area contributed by atoms with Gasteiger partial charge >= 0.3 is 0 Å². The summed E-state index contributed by atoms with van der Waals surface area (Å²) in [6.45, 7) is 5.10. The lowest BCUT2D eigenvalue weighted by Crippen LogP contribution is -2.46. The van der Waals surface area contributed by atoms with Gasteiger partial charge in [-0.05, 0) is 56.7 Å². The Bertz CT molecular complexity index is 602. The number of nitrogens with one attached hydrogen (secondary N) is 2. The molecule has 0 bridgehead atoms. The first-order valence-electron chi connectivity index (χ1n) is 9.01. The molecule has 138 valence electrons. The fourth-order valence-corrected chi connectivity index (χ4v) is 3.68. The van der Waals surface area contributed by atoms with Gasteiger partial charge in [-0.2, -0.15) is 0 Å². The van der Waals surface area contributed by atoms with Crippen LogP contribution >= 0.6 is 12.4 Å². The van der Waals surface area contributed by atoms with Crippen molar-refractivity contribution in [1.29, 1.82) is 0 Å². The minimum atomic E-state index is -0.0294. The maximum absolute atomic E-state index is 12.7. The van der Waals surface area contributed by atoms with E-state index in [1.807, 2.05) is 36.1 Å². The second kappa shape index (κ2) is 9.20. The van der Waals surface area contributed by atoms with Crippen LogP contribution in [0.25, 0.3) is 0 Å². The zero-order valence-electron chi connectivity index (χ0n) is 14.8. The van der Waals surface area contributed by atoms with Gasteiger partial charge in [0.25, 0.3) is 5.91 Å². The normalized spacial score (nSPS) is 23.0. The standard InChI is InChI=1S/C19H27N3O2.ClH/c1-14-6-2-3-8-16(14)19(24)22-11-5-7-15(13-22)12-21-18(23)17-9-4-10-20-17;/h2-3,6,8,15,17,20H,4-5,7,9-13H2,1H3,(H,21,23);1H. The van der Waals surface area contributed by atoms with Crippen LogP contribution in [0, 0.1) is 12.8 Å². The van der Waals surface area contributed by atoms with Gasteiger partial charge in [-0.3, -0.25) is 9.59 Å². The molecule has 1 aromatic rings. The molecule has 2 heterocycles. The average molecular weight is 366 g/mol. The van der Waals surface area contributed by atoms with Gasteiger partial charge in [-0.15, -0.1) is 12.4 Å².